The van der Waals surface area contributed by atoms with Crippen LogP contribution in [0, 0.1) is 0 Å². The maximum atomic E-state index is 12.4. The summed E-state index contributed by atoms with van der Waals surface area (Å²) in [7, 11) is 0.754. The molecule has 0 fully saturated rings. The lowest BCUT2D eigenvalue weighted by molar-refractivity contribution is -0.137. The van der Waals surface area contributed by atoms with Crippen molar-refractivity contribution in [3.05, 3.63) is 23.8 Å². The lowest BCUT2D eigenvalue weighted by atomic mass is 10.2. The number of alkyl halides is 3. The number of rotatable bonds is 1. The molecule has 1 aromatic heterocycles. The smallest absolute Gasteiger partial charge is 0.416 e. The topological polar surface area (TPSA) is 60.2 Å². The standard InChI is InChI=1S/C8H3ClF3NO3S/c9-17(14,15)7-13-5-2-1-4(8(10,11)12)3-6(5)16-7/h1-3H. The van der Waals surface area contributed by atoms with Crippen molar-refractivity contribution in [3.8, 4) is 0 Å². The van der Waals surface area contributed by atoms with E-state index in [4.69, 9.17) is 10.7 Å². The van der Waals surface area contributed by atoms with Crippen LogP contribution in [-0.2, 0) is 15.2 Å². The van der Waals surface area contributed by atoms with Gasteiger partial charge in [-0.05, 0) is 18.2 Å². The average molecular weight is 286 g/mol. The van der Waals surface area contributed by atoms with Crippen LogP contribution >= 0.6 is 10.7 Å². The molecule has 0 aliphatic heterocycles. The van der Waals surface area contributed by atoms with Gasteiger partial charge in [-0.3, -0.25) is 0 Å². The predicted molar refractivity (Wildman–Crippen MR) is 52.0 cm³/mol. The first kappa shape index (κ1) is 12.2. The van der Waals surface area contributed by atoms with Crippen molar-refractivity contribution < 1.29 is 26.0 Å². The van der Waals surface area contributed by atoms with Crippen LogP contribution in [0.1, 0.15) is 5.56 Å². The second-order valence-corrected chi connectivity index (χ2v) is 5.54. The van der Waals surface area contributed by atoms with Crippen LogP contribution in [0.4, 0.5) is 13.2 Å². The summed E-state index contributed by atoms with van der Waals surface area (Å²) in [4.78, 5) is 3.45. The van der Waals surface area contributed by atoms with Gasteiger partial charge >= 0.3 is 20.4 Å². The van der Waals surface area contributed by atoms with Gasteiger partial charge in [0.15, 0.2) is 5.58 Å². The van der Waals surface area contributed by atoms with Gasteiger partial charge in [-0.1, -0.05) is 0 Å². The zero-order valence-corrected chi connectivity index (χ0v) is 9.40. The zero-order valence-electron chi connectivity index (χ0n) is 7.82. The Morgan fingerprint density at radius 1 is 1.29 bits per heavy atom. The van der Waals surface area contributed by atoms with Crippen LogP contribution in [0.15, 0.2) is 27.8 Å². The molecule has 4 nitrogen and oxygen atoms in total. The van der Waals surface area contributed by atoms with E-state index in [0.717, 1.165) is 12.1 Å². The molecule has 2 aromatic rings. The molecule has 0 unspecified atom stereocenters. The molecule has 0 radical (unpaired) electrons. The van der Waals surface area contributed by atoms with E-state index in [9.17, 15) is 21.6 Å². The summed E-state index contributed by atoms with van der Waals surface area (Å²) < 4.78 is 63.4. The van der Waals surface area contributed by atoms with Gasteiger partial charge in [-0.15, -0.1) is 0 Å². The van der Waals surface area contributed by atoms with E-state index in [0.29, 0.717) is 6.07 Å². The number of hydrogen-bond donors (Lipinski definition) is 0. The third kappa shape index (κ3) is 2.37. The molecular weight excluding hydrogens is 283 g/mol. The summed E-state index contributed by atoms with van der Waals surface area (Å²) in [5.74, 6) is 0. The quantitative estimate of drug-likeness (QED) is 0.756. The van der Waals surface area contributed by atoms with Crippen LogP contribution in [0.3, 0.4) is 0 Å². The Balaban J connectivity index is 2.64. The zero-order chi connectivity index (χ0) is 12.8. The Labute approximate surface area is 97.4 Å². The lowest BCUT2D eigenvalue weighted by Gasteiger charge is -2.04. The largest absolute Gasteiger partial charge is 0.427 e. The molecule has 0 saturated carbocycles. The number of fused-ring (bicyclic) bond motifs is 1. The predicted octanol–water partition coefficient (Wildman–Crippen LogP) is 2.77. The fourth-order valence-electron chi connectivity index (χ4n) is 1.18. The molecule has 17 heavy (non-hydrogen) atoms. The van der Waals surface area contributed by atoms with Crippen molar-refractivity contribution in [1.82, 2.24) is 4.98 Å². The maximum Gasteiger partial charge on any atom is 0.416 e. The molecule has 0 N–H and O–H groups in total. The summed E-state index contributed by atoms with van der Waals surface area (Å²) in [5.41, 5.74) is -1.27. The van der Waals surface area contributed by atoms with Gasteiger partial charge in [0, 0.05) is 10.7 Å². The first-order chi connectivity index (χ1) is 7.68. The van der Waals surface area contributed by atoms with E-state index in [1.165, 1.54) is 0 Å². The minimum atomic E-state index is -4.54. The third-order valence-corrected chi connectivity index (χ3v) is 2.89. The summed E-state index contributed by atoms with van der Waals surface area (Å²) in [6.07, 6.45) is -4.54. The minimum absolute atomic E-state index is 0.0165. The van der Waals surface area contributed by atoms with Gasteiger partial charge in [0.25, 0.3) is 0 Å². The highest BCUT2D eigenvalue weighted by atomic mass is 35.7. The number of nitrogens with zero attached hydrogens (tertiary/aromatic N) is 1. The average Bonchev–Trinajstić information content (AvgIpc) is 2.57. The molecule has 9 heteroatoms. The Kier molecular flexibility index (Phi) is 2.58. The molecule has 0 amide bonds. The summed E-state index contributed by atoms with van der Waals surface area (Å²) in [6, 6.07) is 2.44. The van der Waals surface area contributed by atoms with Crippen LogP contribution in [0.25, 0.3) is 11.1 Å². The molecule has 2 rings (SSSR count). The Bertz CT molecular complexity index is 677. The molecule has 0 aliphatic rings. The SMILES string of the molecule is O=S(=O)(Cl)c1nc2ccc(C(F)(F)F)cc2o1. The van der Waals surface area contributed by atoms with Gasteiger partial charge in [0.05, 0.1) is 5.56 Å². The van der Waals surface area contributed by atoms with Crippen molar-refractivity contribution in [2.75, 3.05) is 0 Å². The fourth-order valence-corrected chi connectivity index (χ4v) is 1.78. The second-order valence-electron chi connectivity index (χ2n) is 3.10. The fraction of sp³-hybridized carbons (Fsp3) is 0.125. The first-order valence-corrected chi connectivity index (χ1v) is 6.41. The van der Waals surface area contributed by atoms with E-state index in [-0.39, 0.29) is 11.1 Å². The molecule has 1 heterocycles. The van der Waals surface area contributed by atoms with E-state index in [1.54, 1.807) is 0 Å². The minimum Gasteiger partial charge on any atom is -0.427 e. The van der Waals surface area contributed by atoms with Gasteiger partial charge in [0.1, 0.15) is 5.52 Å². The van der Waals surface area contributed by atoms with Crippen LogP contribution in [-0.4, -0.2) is 13.4 Å². The molecule has 0 saturated heterocycles. The summed E-state index contributed by atoms with van der Waals surface area (Å²) in [6.45, 7) is 0. The van der Waals surface area contributed by atoms with Gasteiger partial charge in [-0.25, -0.2) is 8.42 Å². The Morgan fingerprint density at radius 2 is 1.94 bits per heavy atom. The van der Waals surface area contributed by atoms with E-state index >= 15 is 0 Å². The van der Waals surface area contributed by atoms with Gasteiger partial charge in [-0.2, -0.15) is 18.2 Å². The van der Waals surface area contributed by atoms with Crippen molar-refractivity contribution >= 4 is 30.8 Å². The van der Waals surface area contributed by atoms with Crippen LogP contribution < -0.4 is 0 Å². The van der Waals surface area contributed by atoms with Crippen molar-refractivity contribution in [1.29, 1.82) is 0 Å². The number of halogens is 4. The molecule has 0 atom stereocenters. The second kappa shape index (κ2) is 3.61. The molecule has 0 spiro atoms. The first-order valence-electron chi connectivity index (χ1n) is 4.10. The molecule has 92 valence electrons. The highest BCUT2D eigenvalue weighted by molar-refractivity contribution is 8.13. The normalized spacial score (nSPS) is 13.2. The monoisotopic (exact) mass is 285 g/mol. The van der Waals surface area contributed by atoms with Crippen molar-refractivity contribution in [2.24, 2.45) is 0 Å². The van der Waals surface area contributed by atoms with Gasteiger partial charge in [0.2, 0.25) is 0 Å². The summed E-state index contributed by atoms with van der Waals surface area (Å²) in [5, 5.41) is -0.825. The van der Waals surface area contributed by atoms with Crippen molar-refractivity contribution in [3.63, 3.8) is 0 Å². The third-order valence-electron chi connectivity index (χ3n) is 1.90. The highest BCUT2D eigenvalue weighted by Crippen LogP contribution is 2.32. The van der Waals surface area contributed by atoms with E-state index in [1.807, 2.05) is 0 Å². The van der Waals surface area contributed by atoms with E-state index in [2.05, 4.69) is 9.40 Å². The Morgan fingerprint density at radius 3 is 2.47 bits per heavy atom. The number of benzene rings is 1. The van der Waals surface area contributed by atoms with Crippen LogP contribution in [0.5, 0.6) is 0 Å². The lowest BCUT2D eigenvalue weighted by Crippen LogP contribution is -2.03. The number of oxazole rings is 1. The molecule has 0 aliphatic carbocycles. The maximum absolute atomic E-state index is 12.4. The van der Waals surface area contributed by atoms with E-state index < -0.39 is 26.0 Å². The molecule has 0 bridgehead atoms. The van der Waals surface area contributed by atoms with Crippen molar-refractivity contribution in [2.45, 2.75) is 11.4 Å². The molecule has 1 aromatic carbocycles. The number of aromatic nitrogens is 1. The summed E-state index contributed by atoms with van der Waals surface area (Å²) >= 11 is 0. The Hall–Kier alpha value is -1.28. The molecular formula is C8H3ClF3NO3S. The highest BCUT2D eigenvalue weighted by Gasteiger charge is 2.31. The van der Waals surface area contributed by atoms with Gasteiger partial charge < -0.3 is 4.42 Å². The number of hydrogen-bond acceptors (Lipinski definition) is 4. The van der Waals surface area contributed by atoms with Crippen LogP contribution in [0.2, 0.25) is 0 Å².